The zero-order valence-electron chi connectivity index (χ0n) is 27.2. The van der Waals surface area contributed by atoms with Crippen LogP contribution in [0.15, 0.2) is 41.3 Å². The van der Waals surface area contributed by atoms with Gasteiger partial charge in [0.2, 0.25) is 5.91 Å². The number of rotatable bonds is 9. The van der Waals surface area contributed by atoms with Crippen LogP contribution in [0.3, 0.4) is 0 Å². The van der Waals surface area contributed by atoms with Crippen LogP contribution in [0.5, 0.6) is 0 Å². The van der Waals surface area contributed by atoms with Crippen LogP contribution in [0.25, 0.3) is 22.0 Å². The molecular formula is C34H40BrFN8O3. The number of aldehydes is 1. The summed E-state index contributed by atoms with van der Waals surface area (Å²) in [7, 11) is 1.86. The minimum absolute atomic E-state index is 0.174. The van der Waals surface area contributed by atoms with Gasteiger partial charge in [0.1, 0.15) is 41.4 Å². The topological polar surface area (TPSA) is 126 Å². The van der Waals surface area contributed by atoms with Crippen molar-refractivity contribution in [3.8, 4) is 11.1 Å². The summed E-state index contributed by atoms with van der Waals surface area (Å²) in [5, 5.41) is 7.91. The van der Waals surface area contributed by atoms with Gasteiger partial charge >= 0.3 is 0 Å². The van der Waals surface area contributed by atoms with Crippen molar-refractivity contribution in [2.24, 2.45) is 5.92 Å². The molecule has 2 fully saturated rings. The molecule has 0 bridgehead atoms. The molecule has 0 radical (unpaired) electrons. The van der Waals surface area contributed by atoms with Crippen LogP contribution in [0.4, 0.5) is 10.2 Å². The van der Waals surface area contributed by atoms with E-state index in [0.717, 1.165) is 41.9 Å². The molecule has 6 rings (SSSR count). The molecule has 1 aromatic carbocycles. The van der Waals surface area contributed by atoms with E-state index in [2.05, 4.69) is 46.2 Å². The lowest BCUT2D eigenvalue weighted by molar-refractivity contribution is -0.135. The van der Waals surface area contributed by atoms with Crippen molar-refractivity contribution in [1.82, 2.24) is 34.5 Å². The van der Waals surface area contributed by atoms with Crippen molar-refractivity contribution in [3.63, 3.8) is 0 Å². The summed E-state index contributed by atoms with van der Waals surface area (Å²) < 4.78 is 16.6. The molecule has 0 aliphatic carbocycles. The first kappa shape index (κ1) is 34.2. The summed E-state index contributed by atoms with van der Waals surface area (Å²) in [4.78, 5) is 54.3. The molecular weight excluding hydrogens is 667 g/mol. The highest BCUT2D eigenvalue weighted by Crippen LogP contribution is 2.31. The lowest BCUT2D eigenvalue weighted by atomic mass is 10.0. The molecule has 248 valence electrons. The van der Waals surface area contributed by atoms with Crippen LogP contribution in [-0.2, 0) is 22.8 Å². The second kappa shape index (κ2) is 15.2. The molecule has 2 atom stereocenters. The van der Waals surface area contributed by atoms with Crippen molar-refractivity contribution in [3.05, 3.63) is 63.9 Å². The number of fused-ring (bicyclic) bond motifs is 1. The number of nitrogens with zero attached hydrogens (tertiary/aromatic N) is 7. The number of carbonyl (C=O) groups is 3. The highest BCUT2D eigenvalue weighted by molar-refractivity contribution is 9.10. The summed E-state index contributed by atoms with van der Waals surface area (Å²) in [5.74, 6) is 1.23. The maximum absolute atomic E-state index is 14.3. The standard InChI is InChI=1S/C27H31FN6O3.C7H9BrN2/c1-17(36)26-24-9-20(22-11-29-18(2)30-12-22)8-21(10-28)27(24)34(31-26)15-25(37)33-14-19(7-23(33)16-35)13-32-5-3-4-6-32;1-5-3-4-6(8)10-7(5)9-2/h8-9,11-12,16,19,23H,3-7,10,13-15H2,1-2H3;3-4H,1-2H3,(H,9,10). The molecule has 47 heavy (non-hydrogen) atoms. The van der Waals surface area contributed by atoms with Crippen LogP contribution >= 0.6 is 15.9 Å². The SMILES string of the molecule is CC(=O)c1nn(CC(=O)N2CC(CN3CCCC3)CC2C=O)c2c(CF)cc(-c3cnc(C)nc3)cc12.CNc1nc(Br)ccc1C. The predicted molar refractivity (Wildman–Crippen MR) is 182 cm³/mol. The number of alkyl halides is 1. The van der Waals surface area contributed by atoms with Crippen molar-refractivity contribution >= 4 is 50.6 Å². The highest BCUT2D eigenvalue weighted by Gasteiger charge is 2.36. The molecule has 1 amide bonds. The van der Waals surface area contributed by atoms with Gasteiger partial charge in [0.15, 0.2) is 5.78 Å². The first-order valence-electron chi connectivity index (χ1n) is 15.8. The van der Waals surface area contributed by atoms with Gasteiger partial charge < -0.3 is 19.9 Å². The third-order valence-corrected chi connectivity index (χ3v) is 9.16. The fourth-order valence-corrected chi connectivity index (χ4v) is 6.71. The molecule has 2 saturated heterocycles. The van der Waals surface area contributed by atoms with E-state index >= 15 is 0 Å². The number of anilines is 1. The third kappa shape index (κ3) is 7.90. The molecule has 11 nitrogen and oxygen atoms in total. The van der Waals surface area contributed by atoms with Crippen LogP contribution in [-0.4, -0.2) is 91.8 Å². The molecule has 1 N–H and O–H groups in total. The van der Waals surface area contributed by atoms with Gasteiger partial charge in [-0.05, 0) is 97.4 Å². The number of likely N-dealkylation sites (tertiary alicyclic amines) is 2. The minimum atomic E-state index is -0.799. The summed E-state index contributed by atoms with van der Waals surface area (Å²) in [5.41, 5.74) is 3.42. The average molecular weight is 708 g/mol. The van der Waals surface area contributed by atoms with E-state index in [1.807, 2.05) is 26.1 Å². The fourth-order valence-electron chi connectivity index (χ4n) is 6.40. The molecule has 2 unspecified atom stereocenters. The number of pyridine rings is 1. The van der Waals surface area contributed by atoms with Crippen LogP contribution in [0.1, 0.15) is 53.6 Å². The Kier molecular flexibility index (Phi) is 11.1. The zero-order chi connectivity index (χ0) is 33.7. The molecule has 5 heterocycles. The number of Topliss-reactive ketones (excluding diaryl/α,β-unsaturated/α-hetero) is 1. The first-order chi connectivity index (χ1) is 22.6. The number of carbonyl (C=O) groups excluding carboxylic acids is 3. The van der Waals surface area contributed by atoms with Gasteiger partial charge in [-0.1, -0.05) is 6.07 Å². The monoisotopic (exact) mass is 706 g/mol. The second-order valence-corrected chi connectivity index (χ2v) is 13.0. The number of amides is 1. The quantitative estimate of drug-likeness (QED) is 0.142. The largest absolute Gasteiger partial charge is 0.373 e. The molecule has 13 heteroatoms. The van der Waals surface area contributed by atoms with Crippen molar-refractivity contribution < 1.29 is 18.8 Å². The number of hydrogen-bond donors (Lipinski definition) is 1. The van der Waals surface area contributed by atoms with Gasteiger partial charge in [-0.3, -0.25) is 14.3 Å². The molecule has 0 saturated carbocycles. The summed E-state index contributed by atoms with van der Waals surface area (Å²) >= 11 is 3.29. The summed E-state index contributed by atoms with van der Waals surface area (Å²) in [6, 6.07) is 6.91. The highest BCUT2D eigenvalue weighted by atomic mass is 79.9. The molecule has 4 aromatic rings. The Labute approximate surface area is 282 Å². The number of nitrogens with one attached hydrogen (secondary N) is 1. The lowest BCUT2D eigenvalue weighted by Crippen LogP contribution is -2.39. The smallest absolute Gasteiger partial charge is 0.244 e. The Morgan fingerprint density at radius 3 is 2.45 bits per heavy atom. The van der Waals surface area contributed by atoms with Gasteiger partial charge in [-0.15, -0.1) is 0 Å². The Morgan fingerprint density at radius 2 is 1.83 bits per heavy atom. The van der Waals surface area contributed by atoms with Gasteiger partial charge in [0.05, 0.1) is 11.6 Å². The predicted octanol–water partition coefficient (Wildman–Crippen LogP) is 5.18. The number of benzene rings is 1. The maximum Gasteiger partial charge on any atom is 0.244 e. The van der Waals surface area contributed by atoms with E-state index in [9.17, 15) is 18.8 Å². The Balaban J connectivity index is 0.000000371. The number of aromatic nitrogens is 5. The van der Waals surface area contributed by atoms with Gasteiger partial charge in [0, 0.05) is 56.0 Å². The average Bonchev–Trinajstić information content (AvgIpc) is 3.82. The van der Waals surface area contributed by atoms with Gasteiger partial charge in [0.25, 0.3) is 0 Å². The number of ketones is 1. The first-order valence-corrected chi connectivity index (χ1v) is 16.6. The fraction of sp³-hybridized carbons (Fsp3) is 0.441. The molecule has 2 aliphatic rings. The van der Waals surface area contributed by atoms with Crippen molar-refractivity contribution in [1.29, 1.82) is 0 Å². The maximum atomic E-state index is 14.3. The van der Waals surface area contributed by atoms with E-state index in [1.54, 1.807) is 36.4 Å². The zero-order valence-corrected chi connectivity index (χ0v) is 28.8. The Morgan fingerprint density at radius 1 is 1.11 bits per heavy atom. The van der Waals surface area contributed by atoms with Crippen LogP contribution < -0.4 is 5.32 Å². The van der Waals surface area contributed by atoms with Crippen molar-refractivity contribution in [2.75, 3.05) is 38.5 Å². The lowest BCUT2D eigenvalue weighted by Gasteiger charge is -2.22. The molecule has 3 aromatic heterocycles. The minimum Gasteiger partial charge on any atom is -0.373 e. The Bertz CT molecular complexity index is 1760. The van der Waals surface area contributed by atoms with E-state index in [0.29, 0.717) is 46.4 Å². The summed E-state index contributed by atoms with van der Waals surface area (Å²) in [6.07, 6.45) is 7.16. The van der Waals surface area contributed by atoms with E-state index in [-0.39, 0.29) is 29.8 Å². The number of hydrogen-bond acceptors (Lipinski definition) is 9. The van der Waals surface area contributed by atoms with E-state index in [1.165, 1.54) is 24.4 Å². The van der Waals surface area contributed by atoms with E-state index in [4.69, 9.17) is 0 Å². The van der Waals surface area contributed by atoms with Gasteiger partial charge in [-0.25, -0.2) is 19.3 Å². The normalized spacial score (nSPS) is 17.9. The number of halogens is 2. The number of aryl methyl sites for hydroxylation is 2. The van der Waals surface area contributed by atoms with Crippen molar-refractivity contribution in [2.45, 2.75) is 59.3 Å². The third-order valence-electron chi connectivity index (χ3n) is 8.72. The summed E-state index contributed by atoms with van der Waals surface area (Å²) in [6.45, 7) is 7.73. The molecule has 0 spiro atoms. The van der Waals surface area contributed by atoms with Crippen LogP contribution in [0.2, 0.25) is 0 Å². The van der Waals surface area contributed by atoms with Gasteiger partial charge in [-0.2, -0.15) is 5.10 Å². The Hall–Kier alpha value is -4.10. The van der Waals surface area contributed by atoms with Crippen LogP contribution in [0, 0.1) is 19.8 Å². The second-order valence-electron chi connectivity index (χ2n) is 12.2. The molecule has 2 aliphatic heterocycles. The van der Waals surface area contributed by atoms with E-state index < -0.39 is 12.7 Å².